The summed E-state index contributed by atoms with van der Waals surface area (Å²) in [5.41, 5.74) is 10.6. The molecule has 224 valence electrons. The molecule has 0 bridgehead atoms. The minimum Gasteiger partial charge on any atom is -0.316 e. The van der Waals surface area contributed by atoms with Crippen LogP contribution in [0.2, 0.25) is 0 Å². The molecule has 7 aromatic rings. The highest BCUT2D eigenvalue weighted by molar-refractivity contribution is 6.12. The van der Waals surface area contributed by atoms with Gasteiger partial charge in [-0.2, -0.15) is 0 Å². The van der Waals surface area contributed by atoms with E-state index in [2.05, 4.69) is 192 Å². The lowest BCUT2D eigenvalue weighted by Gasteiger charge is -2.07. The van der Waals surface area contributed by atoms with Gasteiger partial charge in [-0.15, -0.1) is 0 Å². The van der Waals surface area contributed by atoms with Crippen molar-refractivity contribution in [1.29, 1.82) is 0 Å². The Labute approximate surface area is 275 Å². The Hall–Kier alpha value is -6.12. The molecule has 0 aliphatic heterocycles. The van der Waals surface area contributed by atoms with E-state index in [1.165, 1.54) is 49.2 Å². The SMILES string of the molecule is C=C/C=C(\C=C/n1c2ccccc2c2ccc(-c3ccccccc4c(c3)c3ccccc3n4-c3ccccc3)cc21)C1=CC=CC1. The summed E-state index contributed by atoms with van der Waals surface area (Å²) in [5.74, 6) is 0. The zero-order chi connectivity index (χ0) is 31.6. The molecule has 0 unspecified atom stereocenters. The molecule has 2 aromatic heterocycles. The van der Waals surface area contributed by atoms with E-state index in [4.69, 9.17) is 0 Å². The zero-order valence-corrected chi connectivity index (χ0v) is 26.1. The second-order valence-corrected chi connectivity index (χ2v) is 11.8. The minimum atomic E-state index is 0.939. The number of benzene rings is 4. The summed E-state index contributed by atoms with van der Waals surface area (Å²) in [4.78, 5) is 0. The number of rotatable bonds is 6. The van der Waals surface area contributed by atoms with Crippen LogP contribution < -0.4 is 0 Å². The van der Waals surface area contributed by atoms with Crippen molar-refractivity contribution in [3.8, 4) is 16.8 Å². The Balaban J connectivity index is 1.37. The van der Waals surface area contributed by atoms with Crippen LogP contribution in [0, 0.1) is 0 Å². The average Bonchev–Trinajstić information content (AvgIpc) is 3.84. The van der Waals surface area contributed by atoms with Crippen molar-refractivity contribution >= 4 is 49.8 Å². The van der Waals surface area contributed by atoms with Gasteiger partial charge in [-0.3, -0.25) is 0 Å². The number of nitrogens with zero attached hydrogens (tertiary/aromatic N) is 2. The van der Waals surface area contributed by atoms with Crippen molar-refractivity contribution in [2.45, 2.75) is 6.42 Å². The minimum absolute atomic E-state index is 0.939. The molecule has 1 aliphatic carbocycles. The first kappa shape index (κ1) is 28.4. The monoisotopic (exact) mass is 602 g/mol. The summed E-state index contributed by atoms with van der Waals surface area (Å²) in [6.07, 6.45) is 15.8. The summed E-state index contributed by atoms with van der Waals surface area (Å²) in [7, 11) is 0. The van der Waals surface area contributed by atoms with Gasteiger partial charge in [0.15, 0.2) is 0 Å². The number of allylic oxidation sites excluding steroid dienone is 8. The third-order valence-corrected chi connectivity index (χ3v) is 9.02. The summed E-state index contributed by atoms with van der Waals surface area (Å²) in [6.45, 7) is 3.97. The second kappa shape index (κ2) is 12.3. The van der Waals surface area contributed by atoms with Gasteiger partial charge in [0.1, 0.15) is 0 Å². The Morgan fingerprint density at radius 2 is 1.19 bits per heavy atom. The molecule has 0 N–H and O–H groups in total. The Bertz CT molecular complexity index is 2490. The van der Waals surface area contributed by atoms with E-state index in [1.807, 2.05) is 6.08 Å². The Morgan fingerprint density at radius 1 is 0.574 bits per heavy atom. The maximum absolute atomic E-state index is 3.97. The van der Waals surface area contributed by atoms with Crippen LogP contribution in [-0.2, 0) is 0 Å². The number of hydrogen-bond donors (Lipinski definition) is 0. The summed E-state index contributed by atoms with van der Waals surface area (Å²) in [5, 5.41) is 4.90. The highest BCUT2D eigenvalue weighted by atomic mass is 15.0. The van der Waals surface area contributed by atoms with Crippen LogP contribution in [0.5, 0.6) is 0 Å². The first-order chi connectivity index (χ1) is 23.3. The maximum atomic E-state index is 3.97. The molecule has 0 saturated carbocycles. The van der Waals surface area contributed by atoms with Crippen molar-refractivity contribution in [3.63, 3.8) is 0 Å². The molecule has 1 aliphatic rings. The van der Waals surface area contributed by atoms with Crippen LogP contribution in [-0.4, -0.2) is 9.13 Å². The van der Waals surface area contributed by atoms with Crippen molar-refractivity contribution in [1.82, 2.24) is 9.13 Å². The molecular formula is C45H34N2. The number of para-hydroxylation sites is 3. The molecule has 8 rings (SSSR count). The van der Waals surface area contributed by atoms with Crippen LogP contribution in [0.15, 0.2) is 194 Å². The van der Waals surface area contributed by atoms with E-state index in [9.17, 15) is 0 Å². The molecule has 2 heteroatoms. The molecule has 2 heterocycles. The van der Waals surface area contributed by atoms with Crippen molar-refractivity contribution in [3.05, 3.63) is 194 Å². The molecule has 0 saturated heterocycles. The van der Waals surface area contributed by atoms with E-state index in [1.54, 1.807) is 0 Å². The van der Waals surface area contributed by atoms with Gasteiger partial charge in [-0.25, -0.2) is 0 Å². The van der Waals surface area contributed by atoms with E-state index in [0.29, 0.717) is 0 Å². The van der Waals surface area contributed by atoms with Crippen LogP contribution in [0.4, 0.5) is 0 Å². The van der Waals surface area contributed by atoms with E-state index < -0.39 is 0 Å². The molecule has 5 aromatic carbocycles. The Kier molecular flexibility index (Phi) is 7.45. The maximum Gasteiger partial charge on any atom is 0.0541 e. The van der Waals surface area contributed by atoms with E-state index >= 15 is 0 Å². The van der Waals surface area contributed by atoms with Crippen molar-refractivity contribution < 1.29 is 0 Å². The average molecular weight is 603 g/mol. The molecule has 2 nitrogen and oxygen atoms in total. The molecule has 0 spiro atoms. The third kappa shape index (κ3) is 5.20. The first-order valence-electron chi connectivity index (χ1n) is 16.1. The summed E-state index contributed by atoms with van der Waals surface area (Å²) < 4.78 is 4.69. The van der Waals surface area contributed by atoms with Gasteiger partial charge >= 0.3 is 0 Å². The number of fused-ring (bicyclic) bond motifs is 6. The standard InChI is InChI=1S/C45H34N2/c1-2-16-33(34-17-10-11-18-34)29-30-46-42-24-14-12-22-38(42)40-28-27-36(32-45(40)46)35-19-6-3-4-9-25-44-41(31-35)39-23-13-15-26-43(39)47(44)37-20-7-5-8-21-37/h2-17,19-32H,1,18H2/b4-3?,6-3?,9-4?,19-6?,25-9?,30-29-,33-16+,35-19?,35-31?,41-31?,44-25?. The molecule has 0 radical (unpaired) electrons. The summed E-state index contributed by atoms with van der Waals surface area (Å²) >= 11 is 0. The smallest absolute Gasteiger partial charge is 0.0541 e. The topological polar surface area (TPSA) is 9.86 Å². The van der Waals surface area contributed by atoms with Crippen LogP contribution in [0.1, 0.15) is 6.42 Å². The van der Waals surface area contributed by atoms with Gasteiger partial charge in [0.2, 0.25) is 0 Å². The fourth-order valence-corrected chi connectivity index (χ4v) is 6.83. The lowest BCUT2D eigenvalue weighted by molar-refractivity contribution is 1.18. The third-order valence-electron chi connectivity index (χ3n) is 9.02. The Morgan fingerprint density at radius 3 is 1.96 bits per heavy atom. The molecular weight excluding hydrogens is 569 g/mol. The van der Waals surface area contributed by atoms with Gasteiger partial charge in [-0.1, -0.05) is 134 Å². The lowest BCUT2D eigenvalue weighted by Crippen LogP contribution is -1.92. The van der Waals surface area contributed by atoms with Gasteiger partial charge < -0.3 is 9.13 Å². The number of aromatic nitrogens is 2. The molecule has 0 fully saturated rings. The highest BCUT2D eigenvalue weighted by Gasteiger charge is 2.13. The predicted molar refractivity (Wildman–Crippen MR) is 202 cm³/mol. The fraction of sp³-hybridized carbons (Fsp3) is 0.0222. The van der Waals surface area contributed by atoms with E-state index in [0.717, 1.165) is 28.8 Å². The van der Waals surface area contributed by atoms with Gasteiger partial charge in [-0.05, 0) is 77.2 Å². The summed E-state index contributed by atoms with van der Waals surface area (Å²) in [6, 6.07) is 50.1. The van der Waals surface area contributed by atoms with E-state index in [-0.39, 0.29) is 0 Å². The first-order valence-corrected chi connectivity index (χ1v) is 16.1. The highest BCUT2D eigenvalue weighted by Crippen LogP contribution is 2.36. The van der Waals surface area contributed by atoms with Gasteiger partial charge in [0.05, 0.1) is 22.1 Å². The quantitative estimate of drug-likeness (QED) is 0.168. The second-order valence-electron chi connectivity index (χ2n) is 11.8. The van der Waals surface area contributed by atoms with Crippen LogP contribution >= 0.6 is 0 Å². The molecule has 47 heavy (non-hydrogen) atoms. The fourth-order valence-electron chi connectivity index (χ4n) is 6.83. The normalized spacial score (nSPS) is 13.2. The lowest BCUT2D eigenvalue weighted by atomic mass is 10.0. The van der Waals surface area contributed by atoms with Crippen molar-refractivity contribution in [2.75, 3.05) is 0 Å². The zero-order valence-electron chi connectivity index (χ0n) is 26.1. The van der Waals surface area contributed by atoms with Gasteiger partial charge in [0.25, 0.3) is 0 Å². The number of hydrogen-bond acceptors (Lipinski definition) is 0. The van der Waals surface area contributed by atoms with Crippen LogP contribution in [0.3, 0.4) is 0 Å². The predicted octanol–water partition coefficient (Wildman–Crippen LogP) is 12.2. The van der Waals surface area contributed by atoms with Crippen molar-refractivity contribution in [2.24, 2.45) is 0 Å². The van der Waals surface area contributed by atoms with Crippen LogP contribution in [0.25, 0.3) is 66.6 Å². The van der Waals surface area contributed by atoms with Gasteiger partial charge in [0, 0.05) is 33.4 Å². The largest absolute Gasteiger partial charge is 0.316 e. The molecule has 0 amide bonds. The molecule has 0 atom stereocenters.